The molecule has 6 heteroatoms. The number of nitrogens with one attached hydrogen (secondary N) is 1. The summed E-state index contributed by atoms with van der Waals surface area (Å²) in [5.74, 6) is -0.432. The molecule has 2 aromatic heterocycles. The predicted octanol–water partition coefficient (Wildman–Crippen LogP) is 2.01. The lowest BCUT2D eigenvalue weighted by atomic mass is 10.1. The maximum atomic E-state index is 11.8. The fourth-order valence-corrected chi connectivity index (χ4v) is 1.89. The highest BCUT2D eigenvalue weighted by atomic mass is 16.5. The zero-order valence-corrected chi connectivity index (χ0v) is 12.3. The Hall–Kier alpha value is -2.63. The van der Waals surface area contributed by atoms with Crippen molar-refractivity contribution in [3.05, 3.63) is 47.5 Å². The van der Waals surface area contributed by atoms with Crippen LogP contribution in [0.1, 0.15) is 21.6 Å². The molecule has 0 aliphatic carbocycles. The van der Waals surface area contributed by atoms with Crippen LogP contribution in [0.15, 0.2) is 35.7 Å². The summed E-state index contributed by atoms with van der Waals surface area (Å²) in [7, 11) is 5.09. The van der Waals surface area contributed by atoms with Crippen molar-refractivity contribution in [2.45, 2.75) is 6.42 Å². The number of hydrogen-bond donors (Lipinski definition) is 1. The molecule has 0 aromatic carbocycles. The number of H-pyrrole nitrogens is 1. The van der Waals surface area contributed by atoms with Gasteiger partial charge in [-0.1, -0.05) is 6.07 Å². The molecule has 2 aromatic rings. The summed E-state index contributed by atoms with van der Waals surface area (Å²) in [6.07, 6.45) is 7.60. The number of pyridine rings is 1. The molecule has 0 unspecified atom stereocenters. The predicted molar refractivity (Wildman–Crippen MR) is 81.0 cm³/mol. The van der Waals surface area contributed by atoms with Gasteiger partial charge in [-0.25, -0.2) is 9.79 Å². The molecule has 1 N–H and O–H groups in total. The van der Waals surface area contributed by atoms with Crippen LogP contribution >= 0.6 is 0 Å². The Bertz CT molecular complexity index is 632. The molecule has 0 aliphatic heterocycles. The van der Waals surface area contributed by atoms with Crippen molar-refractivity contribution < 1.29 is 9.53 Å². The minimum atomic E-state index is -0.432. The van der Waals surface area contributed by atoms with Gasteiger partial charge < -0.3 is 14.6 Å². The highest BCUT2D eigenvalue weighted by Crippen LogP contribution is 2.27. The van der Waals surface area contributed by atoms with Crippen molar-refractivity contribution in [1.82, 2.24) is 14.9 Å². The molecule has 0 amide bonds. The largest absolute Gasteiger partial charge is 0.464 e. The summed E-state index contributed by atoms with van der Waals surface area (Å²) in [4.78, 5) is 25.0. The summed E-state index contributed by atoms with van der Waals surface area (Å²) in [6.45, 7) is 0. The van der Waals surface area contributed by atoms with Gasteiger partial charge in [0.1, 0.15) is 5.69 Å². The first-order valence-corrected chi connectivity index (χ1v) is 6.50. The van der Waals surface area contributed by atoms with Crippen LogP contribution in [-0.4, -0.2) is 48.4 Å². The maximum absolute atomic E-state index is 11.8. The number of aliphatic imine (C=N–C) groups is 1. The Morgan fingerprint density at radius 1 is 1.52 bits per heavy atom. The van der Waals surface area contributed by atoms with Gasteiger partial charge in [0.2, 0.25) is 0 Å². The SMILES string of the molecule is COC(=O)c1[nH]cc(Cc2cccnc2)c1N=CN(C)C. The van der Waals surface area contributed by atoms with Crippen LogP contribution in [0.25, 0.3) is 0 Å². The van der Waals surface area contributed by atoms with Gasteiger partial charge in [-0.2, -0.15) is 0 Å². The van der Waals surface area contributed by atoms with Gasteiger partial charge in [-0.05, 0) is 11.6 Å². The third-order valence-corrected chi connectivity index (χ3v) is 2.86. The summed E-state index contributed by atoms with van der Waals surface area (Å²) in [5, 5.41) is 0. The third kappa shape index (κ3) is 3.68. The van der Waals surface area contributed by atoms with E-state index in [1.54, 1.807) is 24.9 Å². The third-order valence-electron chi connectivity index (χ3n) is 2.86. The number of esters is 1. The second-order valence-corrected chi connectivity index (χ2v) is 4.78. The quantitative estimate of drug-likeness (QED) is 0.518. The molecule has 0 bridgehead atoms. The van der Waals surface area contributed by atoms with Gasteiger partial charge in [0.05, 0.1) is 13.4 Å². The van der Waals surface area contributed by atoms with Crippen LogP contribution in [0.5, 0.6) is 0 Å². The first kappa shape index (κ1) is 14.8. The Labute approximate surface area is 123 Å². The van der Waals surface area contributed by atoms with Gasteiger partial charge in [-0.15, -0.1) is 0 Å². The van der Waals surface area contributed by atoms with Crippen LogP contribution in [0, 0.1) is 0 Å². The van der Waals surface area contributed by atoms with E-state index in [1.807, 2.05) is 31.1 Å². The zero-order valence-electron chi connectivity index (χ0n) is 12.3. The number of rotatable bonds is 5. The number of aromatic nitrogens is 2. The molecule has 21 heavy (non-hydrogen) atoms. The average Bonchev–Trinajstić information content (AvgIpc) is 2.88. The van der Waals surface area contributed by atoms with Crippen LogP contribution in [0.3, 0.4) is 0 Å². The number of hydrogen-bond acceptors (Lipinski definition) is 4. The van der Waals surface area contributed by atoms with E-state index in [1.165, 1.54) is 7.11 Å². The van der Waals surface area contributed by atoms with Crippen LogP contribution in [0.2, 0.25) is 0 Å². The van der Waals surface area contributed by atoms with Crippen molar-refractivity contribution in [3.8, 4) is 0 Å². The first-order chi connectivity index (χ1) is 10.1. The van der Waals surface area contributed by atoms with Crippen molar-refractivity contribution in [2.75, 3.05) is 21.2 Å². The van der Waals surface area contributed by atoms with Gasteiger partial charge in [0, 0.05) is 44.7 Å². The highest BCUT2D eigenvalue weighted by Gasteiger charge is 2.17. The second kappa shape index (κ2) is 6.69. The fraction of sp³-hybridized carbons (Fsp3) is 0.267. The number of carbonyl (C=O) groups is 1. The molecule has 0 atom stereocenters. The molecule has 110 valence electrons. The number of carbonyl (C=O) groups excluding carboxylic acids is 1. The summed E-state index contributed by atoms with van der Waals surface area (Å²) in [5.41, 5.74) is 2.92. The fourth-order valence-electron chi connectivity index (χ4n) is 1.89. The molecule has 2 heterocycles. The molecule has 0 saturated carbocycles. The smallest absolute Gasteiger partial charge is 0.356 e. The Morgan fingerprint density at radius 2 is 2.33 bits per heavy atom. The molecule has 6 nitrogen and oxygen atoms in total. The molecule has 0 saturated heterocycles. The topological polar surface area (TPSA) is 70.6 Å². The minimum absolute atomic E-state index is 0.356. The Balaban J connectivity index is 2.36. The molecule has 0 aliphatic rings. The molecule has 2 rings (SSSR count). The lowest BCUT2D eigenvalue weighted by Gasteiger charge is -2.05. The molecular weight excluding hydrogens is 268 g/mol. The number of ether oxygens (including phenoxy) is 1. The molecule has 0 radical (unpaired) electrons. The van der Waals surface area contributed by atoms with Crippen LogP contribution in [0.4, 0.5) is 5.69 Å². The zero-order chi connectivity index (χ0) is 15.2. The van der Waals surface area contributed by atoms with E-state index in [2.05, 4.69) is 15.0 Å². The van der Waals surface area contributed by atoms with Crippen molar-refractivity contribution in [3.63, 3.8) is 0 Å². The highest BCUT2D eigenvalue weighted by molar-refractivity contribution is 5.94. The summed E-state index contributed by atoms with van der Waals surface area (Å²) < 4.78 is 4.78. The van der Waals surface area contributed by atoms with E-state index in [0.717, 1.165) is 11.1 Å². The average molecular weight is 286 g/mol. The maximum Gasteiger partial charge on any atom is 0.356 e. The Morgan fingerprint density at radius 3 is 2.95 bits per heavy atom. The molecule has 0 spiro atoms. The number of methoxy groups -OCH3 is 1. The van der Waals surface area contributed by atoms with E-state index in [4.69, 9.17) is 4.74 Å². The van der Waals surface area contributed by atoms with Crippen LogP contribution in [-0.2, 0) is 11.2 Å². The lowest BCUT2D eigenvalue weighted by Crippen LogP contribution is -2.08. The molecule has 0 fully saturated rings. The Kier molecular flexibility index (Phi) is 4.71. The minimum Gasteiger partial charge on any atom is -0.464 e. The van der Waals surface area contributed by atoms with Crippen LogP contribution < -0.4 is 0 Å². The van der Waals surface area contributed by atoms with Crippen molar-refractivity contribution in [1.29, 1.82) is 0 Å². The molecular formula is C15H18N4O2. The number of nitrogens with zero attached hydrogens (tertiary/aromatic N) is 3. The van der Waals surface area contributed by atoms with Crippen molar-refractivity contribution >= 4 is 18.0 Å². The van der Waals surface area contributed by atoms with E-state index in [-0.39, 0.29) is 0 Å². The van der Waals surface area contributed by atoms with Crippen molar-refractivity contribution in [2.24, 2.45) is 4.99 Å². The van der Waals surface area contributed by atoms with E-state index in [0.29, 0.717) is 17.8 Å². The van der Waals surface area contributed by atoms with Gasteiger partial charge >= 0.3 is 5.97 Å². The standard InChI is InChI=1S/C15H18N4O2/c1-19(2)10-18-13-12(7-11-5-4-6-16-8-11)9-17-14(13)15(20)21-3/h4-6,8-10,17H,7H2,1-3H3. The summed E-state index contributed by atoms with van der Waals surface area (Å²) in [6, 6.07) is 3.86. The summed E-state index contributed by atoms with van der Waals surface area (Å²) >= 11 is 0. The van der Waals surface area contributed by atoms with E-state index < -0.39 is 5.97 Å². The lowest BCUT2D eigenvalue weighted by molar-refractivity contribution is 0.0596. The normalized spacial score (nSPS) is 10.8. The first-order valence-electron chi connectivity index (χ1n) is 6.50. The van der Waals surface area contributed by atoms with Gasteiger partial charge in [0.25, 0.3) is 0 Å². The number of aromatic amines is 1. The monoisotopic (exact) mass is 286 g/mol. The van der Waals surface area contributed by atoms with Gasteiger partial charge in [0.15, 0.2) is 5.69 Å². The second-order valence-electron chi connectivity index (χ2n) is 4.78. The van der Waals surface area contributed by atoms with Gasteiger partial charge in [-0.3, -0.25) is 4.98 Å². The van der Waals surface area contributed by atoms with E-state index in [9.17, 15) is 4.79 Å². The van der Waals surface area contributed by atoms with E-state index >= 15 is 0 Å².